The lowest BCUT2D eigenvalue weighted by Crippen LogP contribution is -2.29. The van der Waals surface area contributed by atoms with E-state index in [0.29, 0.717) is 23.8 Å². The molecule has 1 saturated heterocycles. The molecule has 1 heterocycles. The molecule has 1 fully saturated rings. The molecule has 0 unspecified atom stereocenters. The van der Waals surface area contributed by atoms with Crippen LogP contribution in [-0.2, 0) is 6.54 Å². The second-order valence-electron chi connectivity index (χ2n) is 7.11. The Morgan fingerprint density at radius 2 is 1.61 bits per heavy atom. The fourth-order valence-corrected chi connectivity index (χ4v) is 3.34. The maximum atomic E-state index is 5.42. The Labute approximate surface area is 185 Å². The maximum Gasteiger partial charge on any atom is 0.203 e. The SMILES string of the molecule is C=C(C)[C@H]1NC(=NCc2cc(OC)c(OC)c(OC)c2)N[C@H]1c1ccccc1.C=CC. The third-order valence-corrected chi connectivity index (χ3v) is 4.75. The molecule has 2 aromatic carbocycles. The van der Waals surface area contributed by atoms with Gasteiger partial charge in [0.15, 0.2) is 17.5 Å². The Balaban J connectivity index is 0.00000107. The van der Waals surface area contributed by atoms with Crippen LogP contribution < -0.4 is 24.8 Å². The van der Waals surface area contributed by atoms with Gasteiger partial charge in [0, 0.05) is 0 Å². The first-order chi connectivity index (χ1) is 15.0. The van der Waals surface area contributed by atoms with Gasteiger partial charge < -0.3 is 24.8 Å². The Morgan fingerprint density at radius 1 is 1.03 bits per heavy atom. The smallest absolute Gasteiger partial charge is 0.203 e. The number of ether oxygens (including phenoxy) is 3. The third kappa shape index (κ3) is 6.04. The standard InChI is InChI=1S/C22H27N3O3.C3H6/c1-14(2)19-20(16-9-7-6-8-10-16)25-22(24-19)23-13-15-11-17(26-3)21(28-5)18(12-15)27-4;1-3-2/h6-12,19-20H,1,13H2,2-5H3,(H2,23,24,25);3H,1H2,2H3/t19-,20+;/m1./s1. The summed E-state index contributed by atoms with van der Waals surface area (Å²) in [5.41, 5.74) is 3.21. The molecule has 0 radical (unpaired) electrons. The average Bonchev–Trinajstić information content (AvgIpc) is 3.22. The zero-order chi connectivity index (χ0) is 22.8. The fraction of sp³-hybridized carbons (Fsp3) is 0.320. The number of nitrogens with zero attached hydrogens (tertiary/aromatic N) is 1. The van der Waals surface area contributed by atoms with E-state index in [2.05, 4.69) is 35.9 Å². The molecule has 0 saturated carbocycles. The van der Waals surface area contributed by atoms with Crippen LogP contribution >= 0.6 is 0 Å². The summed E-state index contributed by atoms with van der Waals surface area (Å²) in [5.74, 6) is 2.55. The van der Waals surface area contributed by atoms with Crippen molar-refractivity contribution in [1.82, 2.24) is 10.6 Å². The summed E-state index contributed by atoms with van der Waals surface area (Å²) < 4.78 is 16.2. The van der Waals surface area contributed by atoms with Crippen LogP contribution in [0.5, 0.6) is 17.2 Å². The summed E-state index contributed by atoms with van der Waals surface area (Å²) in [6, 6.07) is 14.3. The number of nitrogens with one attached hydrogen (secondary N) is 2. The fourth-order valence-electron chi connectivity index (χ4n) is 3.34. The van der Waals surface area contributed by atoms with Crippen molar-refractivity contribution in [3.05, 3.63) is 78.4 Å². The van der Waals surface area contributed by atoms with Crippen molar-refractivity contribution in [3.8, 4) is 17.2 Å². The van der Waals surface area contributed by atoms with E-state index in [1.807, 2.05) is 44.2 Å². The minimum atomic E-state index is 0.0843. The molecular formula is C25H33N3O3. The largest absolute Gasteiger partial charge is 0.493 e. The highest BCUT2D eigenvalue weighted by Gasteiger charge is 2.31. The average molecular weight is 424 g/mol. The zero-order valence-electron chi connectivity index (χ0n) is 19.1. The second-order valence-corrected chi connectivity index (χ2v) is 7.11. The lowest BCUT2D eigenvalue weighted by atomic mass is 9.97. The first-order valence-corrected chi connectivity index (χ1v) is 10.1. The summed E-state index contributed by atoms with van der Waals surface area (Å²) >= 11 is 0. The van der Waals surface area contributed by atoms with Crippen LogP contribution in [-0.4, -0.2) is 33.3 Å². The van der Waals surface area contributed by atoms with E-state index in [1.165, 1.54) is 5.56 Å². The number of hydrogen-bond donors (Lipinski definition) is 2. The number of aliphatic imine (C=N–C) groups is 1. The van der Waals surface area contributed by atoms with Crippen LogP contribution in [0.2, 0.25) is 0 Å². The van der Waals surface area contributed by atoms with Gasteiger partial charge in [0.25, 0.3) is 0 Å². The van der Waals surface area contributed by atoms with Gasteiger partial charge in [0.05, 0.1) is 40.0 Å². The topological polar surface area (TPSA) is 64.1 Å². The van der Waals surface area contributed by atoms with E-state index in [9.17, 15) is 0 Å². The molecule has 2 aromatic rings. The summed E-state index contributed by atoms with van der Waals surface area (Å²) in [6.07, 6.45) is 1.75. The highest BCUT2D eigenvalue weighted by atomic mass is 16.5. The third-order valence-electron chi connectivity index (χ3n) is 4.75. The molecule has 31 heavy (non-hydrogen) atoms. The molecule has 0 spiro atoms. The minimum absolute atomic E-state index is 0.0843. The van der Waals surface area contributed by atoms with Gasteiger partial charge in [-0.3, -0.25) is 0 Å². The lowest BCUT2D eigenvalue weighted by molar-refractivity contribution is 0.324. The first-order valence-electron chi connectivity index (χ1n) is 10.1. The predicted molar refractivity (Wildman–Crippen MR) is 127 cm³/mol. The Bertz CT molecular complexity index is 884. The molecule has 0 aromatic heterocycles. The van der Waals surface area contributed by atoms with E-state index >= 15 is 0 Å². The van der Waals surface area contributed by atoms with Gasteiger partial charge in [-0.2, -0.15) is 0 Å². The van der Waals surface area contributed by atoms with Crippen LogP contribution in [0.4, 0.5) is 0 Å². The first kappa shape index (κ1) is 23.9. The van der Waals surface area contributed by atoms with E-state index in [-0.39, 0.29) is 12.1 Å². The predicted octanol–water partition coefficient (Wildman–Crippen LogP) is 4.64. The van der Waals surface area contributed by atoms with E-state index in [0.717, 1.165) is 17.1 Å². The zero-order valence-corrected chi connectivity index (χ0v) is 19.1. The van der Waals surface area contributed by atoms with Gasteiger partial charge in [0.1, 0.15) is 0 Å². The number of allylic oxidation sites excluding steroid dienone is 1. The van der Waals surface area contributed by atoms with Crippen molar-refractivity contribution in [2.75, 3.05) is 21.3 Å². The van der Waals surface area contributed by atoms with Gasteiger partial charge >= 0.3 is 0 Å². The Hall–Kier alpha value is -3.41. The molecule has 0 amide bonds. The van der Waals surface area contributed by atoms with Crippen molar-refractivity contribution >= 4 is 5.96 Å². The van der Waals surface area contributed by atoms with Crippen molar-refractivity contribution < 1.29 is 14.2 Å². The molecule has 3 rings (SSSR count). The van der Waals surface area contributed by atoms with Crippen molar-refractivity contribution in [3.63, 3.8) is 0 Å². The number of benzene rings is 2. The summed E-state index contributed by atoms with van der Waals surface area (Å²) in [7, 11) is 4.80. The van der Waals surface area contributed by atoms with Gasteiger partial charge in [-0.05, 0) is 37.1 Å². The van der Waals surface area contributed by atoms with Crippen LogP contribution in [0.15, 0.2) is 72.3 Å². The number of guanidine groups is 1. The highest BCUT2D eigenvalue weighted by molar-refractivity contribution is 5.84. The van der Waals surface area contributed by atoms with Gasteiger partial charge in [0.2, 0.25) is 5.75 Å². The van der Waals surface area contributed by atoms with Gasteiger partial charge in [-0.1, -0.05) is 48.6 Å². The quantitative estimate of drug-likeness (QED) is 0.635. The van der Waals surface area contributed by atoms with Crippen LogP contribution in [0.1, 0.15) is 31.0 Å². The lowest BCUT2D eigenvalue weighted by Gasteiger charge is -2.18. The monoisotopic (exact) mass is 423 g/mol. The van der Waals surface area contributed by atoms with E-state index < -0.39 is 0 Å². The molecule has 6 nitrogen and oxygen atoms in total. The van der Waals surface area contributed by atoms with Crippen LogP contribution in [0.3, 0.4) is 0 Å². The summed E-state index contributed by atoms with van der Waals surface area (Å²) in [6.45, 7) is 11.9. The molecule has 0 bridgehead atoms. The molecule has 2 atom stereocenters. The molecule has 1 aliphatic heterocycles. The summed E-state index contributed by atoms with van der Waals surface area (Å²) in [4.78, 5) is 4.71. The van der Waals surface area contributed by atoms with Crippen LogP contribution in [0, 0.1) is 0 Å². The number of rotatable bonds is 7. The normalized spacial score (nSPS) is 18.2. The number of hydrogen-bond acceptors (Lipinski definition) is 4. The highest BCUT2D eigenvalue weighted by Crippen LogP contribution is 2.38. The van der Waals surface area contributed by atoms with Crippen molar-refractivity contribution in [2.45, 2.75) is 32.5 Å². The Morgan fingerprint density at radius 3 is 2.10 bits per heavy atom. The Kier molecular flexibility index (Phi) is 9.00. The molecule has 1 aliphatic rings. The summed E-state index contributed by atoms with van der Waals surface area (Å²) in [5, 5.41) is 6.92. The van der Waals surface area contributed by atoms with E-state index in [4.69, 9.17) is 19.2 Å². The van der Waals surface area contributed by atoms with Crippen molar-refractivity contribution in [1.29, 1.82) is 0 Å². The minimum Gasteiger partial charge on any atom is -0.493 e. The van der Waals surface area contributed by atoms with Crippen LogP contribution in [0.25, 0.3) is 0 Å². The molecule has 166 valence electrons. The maximum absolute atomic E-state index is 5.42. The molecule has 2 N–H and O–H groups in total. The van der Waals surface area contributed by atoms with Gasteiger partial charge in [-0.15, -0.1) is 6.58 Å². The van der Waals surface area contributed by atoms with Crippen molar-refractivity contribution in [2.24, 2.45) is 4.99 Å². The number of methoxy groups -OCH3 is 3. The van der Waals surface area contributed by atoms with Gasteiger partial charge in [-0.25, -0.2) is 4.99 Å². The molecule has 0 aliphatic carbocycles. The molecule has 6 heteroatoms. The van der Waals surface area contributed by atoms with E-state index in [1.54, 1.807) is 27.4 Å². The molecular weight excluding hydrogens is 390 g/mol. The second kappa shape index (κ2) is 11.7.